The second kappa shape index (κ2) is 12.0. The molecule has 0 radical (unpaired) electrons. The maximum atomic E-state index is 13.1. The molecule has 4 fully saturated rings. The molecular weight excluding hydrogens is 534 g/mol. The molecule has 2 aromatic rings. The van der Waals surface area contributed by atoms with E-state index in [4.69, 9.17) is 0 Å². The third kappa shape index (κ3) is 6.33. The summed E-state index contributed by atoms with van der Waals surface area (Å²) in [5.41, 5.74) is -0.720. The molecule has 0 spiro atoms. The van der Waals surface area contributed by atoms with Crippen LogP contribution in [0.3, 0.4) is 0 Å². The number of hydrogen-bond acceptors (Lipinski definition) is 9. The first kappa shape index (κ1) is 28.1. The van der Waals surface area contributed by atoms with Crippen LogP contribution in [0, 0.1) is 23.7 Å². The van der Waals surface area contributed by atoms with Gasteiger partial charge in [0, 0.05) is 25.7 Å². The lowest BCUT2D eigenvalue weighted by atomic mass is 9.54. The number of pyridine rings is 1. The van der Waals surface area contributed by atoms with Gasteiger partial charge < -0.3 is 25.8 Å². The normalized spacial score (nSPS) is 24.8. The molecule has 41 heavy (non-hydrogen) atoms. The van der Waals surface area contributed by atoms with Gasteiger partial charge in [0.15, 0.2) is 0 Å². The first-order chi connectivity index (χ1) is 19.7. The average molecular weight is 568 g/mol. The lowest BCUT2D eigenvalue weighted by Crippen LogP contribution is -2.56. The summed E-state index contributed by atoms with van der Waals surface area (Å²) < 4.78 is 1.21. The number of hydrogen-bond donors (Lipinski definition) is 5. The molecule has 5 N–H and O–H groups in total. The van der Waals surface area contributed by atoms with Gasteiger partial charge in [0.2, 0.25) is 17.6 Å². The average Bonchev–Trinajstić information content (AvgIpc) is 3.49. The number of nitrogens with one attached hydrogen (secondary N) is 5. The van der Waals surface area contributed by atoms with E-state index in [0.717, 1.165) is 37.5 Å². The molecule has 4 saturated carbocycles. The van der Waals surface area contributed by atoms with E-state index in [1.807, 2.05) is 0 Å². The number of anilines is 1. The Kier molecular flexibility index (Phi) is 8.21. The van der Waals surface area contributed by atoms with Crippen molar-refractivity contribution >= 4 is 35.1 Å². The molecule has 1 atom stereocenters. The number of carbonyl (C=O) groups is 5. The van der Waals surface area contributed by atoms with Crippen LogP contribution in [0.15, 0.2) is 23.1 Å². The molecule has 0 unspecified atom stereocenters. The Morgan fingerprint density at radius 1 is 1.07 bits per heavy atom. The van der Waals surface area contributed by atoms with Gasteiger partial charge in [-0.05, 0) is 79.5 Å². The van der Waals surface area contributed by atoms with E-state index in [-0.39, 0.29) is 42.8 Å². The minimum atomic E-state index is -1.32. The number of amides is 4. The zero-order chi connectivity index (χ0) is 29.1. The van der Waals surface area contributed by atoms with Crippen LogP contribution in [-0.4, -0.2) is 73.7 Å². The van der Waals surface area contributed by atoms with Gasteiger partial charge >= 0.3 is 0 Å². The van der Waals surface area contributed by atoms with Gasteiger partial charge in [-0.25, -0.2) is 0 Å². The fraction of sp³-hybridized carbons (Fsp3) is 0.577. The van der Waals surface area contributed by atoms with Crippen molar-refractivity contribution in [3.63, 3.8) is 0 Å². The Morgan fingerprint density at radius 3 is 2.41 bits per heavy atom. The van der Waals surface area contributed by atoms with E-state index in [1.165, 1.54) is 36.4 Å². The van der Waals surface area contributed by atoms with Crippen molar-refractivity contribution in [3.05, 3.63) is 34.5 Å². The van der Waals surface area contributed by atoms with Crippen molar-refractivity contribution in [2.24, 2.45) is 23.7 Å². The van der Waals surface area contributed by atoms with Crippen molar-refractivity contribution in [2.75, 3.05) is 12.4 Å². The van der Waals surface area contributed by atoms with Crippen LogP contribution in [0.25, 0.3) is 0 Å². The van der Waals surface area contributed by atoms with E-state index in [1.54, 1.807) is 0 Å². The second-order valence-corrected chi connectivity index (χ2v) is 11.2. The van der Waals surface area contributed by atoms with Gasteiger partial charge in [0.1, 0.15) is 18.3 Å². The highest BCUT2D eigenvalue weighted by Crippen LogP contribution is 2.53. The number of H-pyrrole nitrogens is 1. The van der Waals surface area contributed by atoms with Crippen LogP contribution >= 0.6 is 0 Å². The summed E-state index contributed by atoms with van der Waals surface area (Å²) in [6.07, 6.45) is 6.79. The molecule has 15 nitrogen and oxygen atoms in total. The van der Waals surface area contributed by atoms with E-state index >= 15 is 0 Å². The number of aromatic nitrogens is 5. The van der Waals surface area contributed by atoms with Gasteiger partial charge in [-0.2, -0.15) is 5.21 Å². The third-order valence-electron chi connectivity index (χ3n) is 8.46. The number of aromatic amines is 1. The fourth-order valence-corrected chi connectivity index (χ4v) is 6.80. The van der Waals surface area contributed by atoms with Crippen LogP contribution in [0.5, 0.6) is 0 Å². The van der Waals surface area contributed by atoms with E-state index in [9.17, 15) is 28.8 Å². The fourth-order valence-electron chi connectivity index (χ4n) is 6.80. The Labute approximate surface area is 234 Å². The molecule has 6 rings (SSSR count). The number of likely N-dealkylation sites (N-methyl/N-ethyl adjacent to an activating group) is 1. The number of ketones is 1. The van der Waals surface area contributed by atoms with Gasteiger partial charge in [0.05, 0.1) is 0 Å². The van der Waals surface area contributed by atoms with Crippen LogP contribution in [0.2, 0.25) is 0 Å². The maximum absolute atomic E-state index is 13.1. The topological polar surface area (TPSA) is 210 Å². The molecule has 218 valence electrons. The number of Topliss-reactive ketones (excluding diaryl/α,β-unsaturated/α-hetero) is 1. The largest absolute Gasteiger partial charge is 0.353 e. The van der Waals surface area contributed by atoms with E-state index in [2.05, 4.69) is 41.9 Å². The smallest absolute Gasteiger partial charge is 0.293 e. The van der Waals surface area contributed by atoms with Crippen molar-refractivity contribution in [3.8, 4) is 0 Å². The summed E-state index contributed by atoms with van der Waals surface area (Å²) in [7, 11) is 1.30. The number of tetrazole rings is 1. The third-order valence-corrected chi connectivity index (χ3v) is 8.46. The first-order valence-electron chi connectivity index (χ1n) is 13.8. The minimum Gasteiger partial charge on any atom is -0.353 e. The molecule has 4 aliphatic rings. The summed E-state index contributed by atoms with van der Waals surface area (Å²) in [4.78, 5) is 75.3. The molecule has 0 saturated heterocycles. The van der Waals surface area contributed by atoms with E-state index < -0.39 is 35.1 Å². The lowest BCUT2D eigenvalue weighted by molar-refractivity contribution is -0.137. The van der Waals surface area contributed by atoms with Crippen molar-refractivity contribution in [2.45, 2.75) is 63.6 Å². The number of nitrogens with zero attached hydrogens (tertiary/aromatic N) is 4. The van der Waals surface area contributed by atoms with Crippen molar-refractivity contribution in [1.82, 2.24) is 41.1 Å². The summed E-state index contributed by atoms with van der Waals surface area (Å²) in [6, 6.07) is 1.72. The standard InChI is InChI=1S/C26H33N9O6/c1-27-24(39)19(36)5-4-17(28-25(40)22-31-33-34-32-22)23(38)29-18-3-2-6-35(26(18)41)12-20(37)30-21-15-8-13-7-14(10-15)11-16(21)9-13/h2-3,6,13-17,21H,4-5,7-12H2,1H3,(H,27,39)(H,28,40)(H,29,38)(H,30,37)(H,31,32,33,34)/t13?,14?,15?,16?,17-,21?/m0/s1. The molecule has 0 aliphatic heterocycles. The molecule has 4 amide bonds. The molecule has 4 bridgehead atoms. The predicted molar refractivity (Wildman–Crippen MR) is 142 cm³/mol. The first-order valence-corrected chi connectivity index (χ1v) is 13.8. The highest BCUT2D eigenvalue weighted by molar-refractivity contribution is 6.36. The zero-order valence-electron chi connectivity index (χ0n) is 22.6. The Bertz CT molecular complexity index is 1360. The summed E-state index contributed by atoms with van der Waals surface area (Å²) >= 11 is 0. The van der Waals surface area contributed by atoms with Crippen molar-refractivity contribution < 1.29 is 24.0 Å². The Hall–Kier alpha value is -4.43. The van der Waals surface area contributed by atoms with Gasteiger partial charge in [-0.15, -0.1) is 10.2 Å². The molecule has 0 aromatic carbocycles. The summed E-state index contributed by atoms with van der Waals surface area (Å²) in [6.45, 7) is -0.204. The molecule has 2 heterocycles. The zero-order valence-corrected chi connectivity index (χ0v) is 22.6. The van der Waals surface area contributed by atoms with Crippen LogP contribution in [-0.2, 0) is 25.7 Å². The van der Waals surface area contributed by atoms with Crippen LogP contribution in [0.4, 0.5) is 5.69 Å². The molecule has 15 heteroatoms. The molecule has 2 aromatic heterocycles. The van der Waals surface area contributed by atoms with Crippen molar-refractivity contribution in [1.29, 1.82) is 0 Å². The summed E-state index contributed by atoms with van der Waals surface area (Å²) in [5, 5.41) is 22.8. The molecular formula is C26H33N9O6. The van der Waals surface area contributed by atoms with Gasteiger partial charge in [-0.3, -0.25) is 28.8 Å². The SMILES string of the molecule is CNC(=O)C(=O)CC[C@H](NC(=O)c1nn[nH]n1)C(=O)Nc1cccn(CC(=O)NC2C3CC4CC(C3)CC2C4)c1=O. The van der Waals surface area contributed by atoms with Gasteiger partial charge in [-0.1, -0.05) is 0 Å². The summed E-state index contributed by atoms with van der Waals surface area (Å²) in [5.74, 6) is -1.35. The highest BCUT2D eigenvalue weighted by Gasteiger charge is 2.48. The molecule has 4 aliphatic carbocycles. The lowest BCUT2D eigenvalue weighted by Gasteiger charge is -2.54. The monoisotopic (exact) mass is 567 g/mol. The minimum absolute atomic E-state index is 0.114. The Morgan fingerprint density at radius 2 is 1.78 bits per heavy atom. The highest BCUT2D eigenvalue weighted by atomic mass is 16.2. The second-order valence-electron chi connectivity index (χ2n) is 11.2. The quantitative estimate of drug-likeness (QED) is 0.213. The maximum Gasteiger partial charge on any atom is 0.293 e. The van der Waals surface area contributed by atoms with Gasteiger partial charge in [0.25, 0.3) is 23.2 Å². The number of carbonyl (C=O) groups excluding carboxylic acids is 5. The Balaban J connectivity index is 1.23. The van der Waals surface area contributed by atoms with Crippen LogP contribution < -0.4 is 26.8 Å². The predicted octanol–water partition coefficient (Wildman–Crippen LogP) is -0.865. The van der Waals surface area contributed by atoms with E-state index in [0.29, 0.717) is 11.8 Å². The number of rotatable bonds is 11. The van der Waals surface area contributed by atoms with Crippen LogP contribution in [0.1, 0.15) is 55.6 Å².